The van der Waals surface area contributed by atoms with Crippen molar-refractivity contribution in [3.63, 3.8) is 0 Å². The van der Waals surface area contributed by atoms with Crippen LogP contribution >= 0.6 is 0 Å². The molecular formula is C10H16N2O3. The lowest BCUT2D eigenvalue weighted by molar-refractivity contribution is -0.130. The van der Waals surface area contributed by atoms with Crippen LogP contribution in [-0.4, -0.2) is 18.4 Å². The largest absolute Gasteiger partial charge is 0.366 e. The molecule has 0 radical (unpaired) electrons. The van der Waals surface area contributed by atoms with E-state index < -0.39 is 5.91 Å². The molecule has 0 spiro atoms. The Morgan fingerprint density at radius 2 is 2.13 bits per heavy atom. The zero-order valence-corrected chi connectivity index (χ0v) is 9.00. The van der Waals surface area contributed by atoms with Gasteiger partial charge in [-0.25, -0.2) is 5.48 Å². The Morgan fingerprint density at radius 1 is 1.53 bits per heavy atom. The van der Waals surface area contributed by atoms with Gasteiger partial charge >= 0.3 is 0 Å². The summed E-state index contributed by atoms with van der Waals surface area (Å²) in [6, 6.07) is 0. The molecule has 0 heterocycles. The first-order valence-corrected chi connectivity index (χ1v) is 4.55. The predicted molar refractivity (Wildman–Crippen MR) is 56.5 cm³/mol. The van der Waals surface area contributed by atoms with Gasteiger partial charge in [0.25, 0.3) is 0 Å². The van der Waals surface area contributed by atoms with Crippen LogP contribution in [0, 0.1) is 0 Å². The fraction of sp³-hybridized carbons (Fsp3) is 0.400. The number of amides is 2. The Balaban J connectivity index is 4.22. The second-order valence-electron chi connectivity index (χ2n) is 2.94. The fourth-order valence-electron chi connectivity index (χ4n) is 0.926. The Kier molecular flexibility index (Phi) is 6.05. The molecule has 2 amide bonds. The van der Waals surface area contributed by atoms with Crippen molar-refractivity contribution in [2.75, 3.05) is 6.61 Å². The molecule has 5 nitrogen and oxygen atoms in total. The molecule has 0 aromatic carbocycles. The standard InChI is InChI=1S/C10H16N2O3/c1-4-5-9(10(11)14)7(2)6-15-12-8(3)13/h5H,2,4,6H2,1,3H3,(H2,11,14)(H,12,13)/b9-5+. The predicted octanol–water partition coefficient (Wildman–Crippen LogP) is 0.432. The Morgan fingerprint density at radius 3 is 2.53 bits per heavy atom. The van der Waals surface area contributed by atoms with Gasteiger partial charge in [-0.3, -0.25) is 14.4 Å². The van der Waals surface area contributed by atoms with Gasteiger partial charge in [-0.2, -0.15) is 0 Å². The highest BCUT2D eigenvalue weighted by molar-refractivity contribution is 5.96. The zero-order valence-electron chi connectivity index (χ0n) is 9.00. The first-order chi connectivity index (χ1) is 6.99. The van der Waals surface area contributed by atoms with E-state index in [0.717, 1.165) is 0 Å². The Labute approximate surface area is 88.9 Å². The Bertz CT molecular complexity index is 295. The lowest BCUT2D eigenvalue weighted by atomic mass is 10.1. The normalized spacial score (nSPS) is 10.9. The van der Waals surface area contributed by atoms with E-state index in [4.69, 9.17) is 10.6 Å². The minimum Gasteiger partial charge on any atom is -0.366 e. The molecule has 0 saturated heterocycles. The van der Waals surface area contributed by atoms with Gasteiger partial charge in [0.2, 0.25) is 11.8 Å². The van der Waals surface area contributed by atoms with Gasteiger partial charge < -0.3 is 5.73 Å². The molecule has 0 rings (SSSR count). The molecule has 0 atom stereocenters. The quantitative estimate of drug-likeness (QED) is 0.380. The maximum atomic E-state index is 11.0. The van der Waals surface area contributed by atoms with Crippen molar-refractivity contribution >= 4 is 11.8 Å². The summed E-state index contributed by atoms with van der Waals surface area (Å²) in [6.45, 7) is 6.88. The third kappa shape index (κ3) is 5.64. The second kappa shape index (κ2) is 6.78. The molecule has 0 fully saturated rings. The van der Waals surface area contributed by atoms with Crippen LogP contribution in [0.5, 0.6) is 0 Å². The summed E-state index contributed by atoms with van der Waals surface area (Å²) < 4.78 is 0. The van der Waals surface area contributed by atoms with Crippen LogP contribution in [-0.2, 0) is 14.4 Å². The van der Waals surface area contributed by atoms with Crippen LogP contribution in [0.4, 0.5) is 0 Å². The summed E-state index contributed by atoms with van der Waals surface area (Å²) in [5, 5.41) is 0. The molecule has 0 aromatic heterocycles. The fourth-order valence-corrected chi connectivity index (χ4v) is 0.926. The summed E-state index contributed by atoms with van der Waals surface area (Å²) in [4.78, 5) is 26.2. The zero-order chi connectivity index (χ0) is 11.8. The number of hydroxylamine groups is 1. The lowest BCUT2D eigenvalue weighted by Gasteiger charge is -2.07. The molecule has 84 valence electrons. The van der Waals surface area contributed by atoms with Crippen molar-refractivity contribution in [3.05, 3.63) is 23.8 Å². The van der Waals surface area contributed by atoms with Gasteiger partial charge in [-0.15, -0.1) is 0 Å². The highest BCUT2D eigenvalue weighted by Gasteiger charge is 2.08. The van der Waals surface area contributed by atoms with Crippen LogP contribution in [0.1, 0.15) is 20.3 Å². The second-order valence-corrected chi connectivity index (χ2v) is 2.94. The van der Waals surface area contributed by atoms with Crippen LogP contribution in [0.25, 0.3) is 0 Å². The van der Waals surface area contributed by atoms with E-state index in [9.17, 15) is 9.59 Å². The summed E-state index contributed by atoms with van der Waals surface area (Å²) >= 11 is 0. The molecule has 0 saturated carbocycles. The monoisotopic (exact) mass is 212 g/mol. The molecular weight excluding hydrogens is 196 g/mol. The number of nitrogens with one attached hydrogen (secondary N) is 1. The number of allylic oxidation sites excluding steroid dienone is 1. The highest BCUT2D eigenvalue weighted by Crippen LogP contribution is 2.08. The highest BCUT2D eigenvalue weighted by atomic mass is 16.6. The average molecular weight is 212 g/mol. The molecule has 15 heavy (non-hydrogen) atoms. The van der Waals surface area contributed by atoms with E-state index >= 15 is 0 Å². The molecule has 0 aliphatic carbocycles. The summed E-state index contributed by atoms with van der Waals surface area (Å²) in [6.07, 6.45) is 2.35. The third-order valence-electron chi connectivity index (χ3n) is 1.52. The number of hydrogen-bond acceptors (Lipinski definition) is 3. The van der Waals surface area contributed by atoms with E-state index in [1.54, 1.807) is 6.08 Å². The molecule has 3 N–H and O–H groups in total. The number of nitrogens with two attached hydrogens (primary N) is 1. The van der Waals surface area contributed by atoms with Gasteiger partial charge in [0.05, 0.1) is 6.61 Å². The first kappa shape index (κ1) is 13.4. The molecule has 0 bridgehead atoms. The van der Waals surface area contributed by atoms with Gasteiger partial charge in [-0.05, 0) is 12.0 Å². The van der Waals surface area contributed by atoms with Gasteiger partial charge in [-0.1, -0.05) is 19.6 Å². The van der Waals surface area contributed by atoms with Crippen molar-refractivity contribution in [1.29, 1.82) is 0 Å². The van der Waals surface area contributed by atoms with Gasteiger partial charge in [0.1, 0.15) is 0 Å². The topological polar surface area (TPSA) is 81.4 Å². The van der Waals surface area contributed by atoms with E-state index in [1.807, 2.05) is 6.92 Å². The maximum absolute atomic E-state index is 11.0. The van der Waals surface area contributed by atoms with Crippen LogP contribution < -0.4 is 11.2 Å². The number of rotatable bonds is 6. The van der Waals surface area contributed by atoms with E-state index in [0.29, 0.717) is 17.6 Å². The SMILES string of the molecule is C=C(CONC(C)=O)/C(=C\CC)C(N)=O. The molecule has 5 heteroatoms. The molecule has 0 aliphatic heterocycles. The number of hydrogen-bond donors (Lipinski definition) is 2. The van der Waals surface area contributed by atoms with E-state index in [1.165, 1.54) is 6.92 Å². The van der Waals surface area contributed by atoms with E-state index in [2.05, 4.69) is 12.1 Å². The minimum atomic E-state index is -0.548. The molecule has 0 aromatic rings. The van der Waals surface area contributed by atoms with Crippen LogP contribution in [0.3, 0.4) is 0 Å². The number of carbonyl (C=O) groups excluding carboxylic acids is 2. The minimum absolute atomic E-state index is 0.0361. The summed E-state index contributed by atoms with van der Waals surface area (Å²) in [7, 11) is 0. The third-order valence-corrected chi connectivity index (χ3v) is 1.52. The smallest absolute Gasteiger partial charge is 0.248 e. The van der Waals surface area contributed by atoms with Crippen molar-refractivity contribution in [1.82, 2.24) is 5.48 Å². The molecule has 0 aliphatic rings. The number of primary amides is 1. The van der Waals surface area contributed by atoms with Crippen molar-refractivity contribution in [2.45, 2.75) is 20.3 Å². The maximum Gasteiger partial charge on any atom is 0.248 e. The number of carbonyl (C=O) groups is 2. The van der Waals surface area contributed by atoms with Crippen LogP contribution in [0.2, 0.25) is 0 Å². The average Bonchev–Trinajstić information content (AvgIpc) is 2.12. The molecule has 0 unspecified atom stereocenters. The van der Waals surface area contributed by atoms with Gasteiger partial charge in [0.15, 0.2) is 0 Å². The Hall–Kier alpha value is -1.62. The summed E-state index contributed by atoms with van der Waals surface area (Å²) in [5.41, 5.74) is 8.06. The van der Waals surface area contributed by atoms with Crippen LogP contribution in [0.15, 0.2) is 23.8 Å². The lowest BCUT2D eigenvalue weighted by Crippen LogP contribution is -2.23. The van der Waals surface area contributed by atoms with Crippen molar-refractivity contribution in [2.24, 2.45) is 5.73 Å². The van der Waals surface area contributed by atoms with Crippen molar-refractivity contribution in [3.8, 4) is 0 Å². The van der Waals surface area contributed by atoms with Gasteiger partial charge in [0, 0.05) is 12.5 Å². The summed E-state index contributed by atoms with van der Waals surface area (Å²) in [5.74, 6) is -0.865. The first-order valence-electron chi connectivity index (χ1n) is 4.55. The van der Waals surface area contributed by atoms with Crippen molar-refractivity contribution < 1.29 is 14.4 Å². The van der Waals surface area contributed by atoms with E-state index in [-0.39, 0.29) is 12.5 Å².